The summed E-state index contributed by atoms with van der Waals surface area (Å²) in [6.07, 6.45) is 9.75. The highest BCUT2D eigenvalue weighted by Crippen LogP contribution is 2.41. The highest BCUT2D eigenvalue weighted by atomic mass is 14.9. The second-order valence-electron chi connectivity index (χ2n) is 4.99. The smallest absolute Gasteiger partial charge is 0.0211 e. The summed E-state index contributed by atoms with van der Waals surface area (Å²) in [5.74, 6) is 0.861. The maximum atomic E-state index is 3.66. The van der Waals surface area contributed by atoms with E-state index in [-0.39, 0.29) is 0 Å². The van der Waals surface area contributed by atoms with Crippen LogP contribution < -0.4 is 5.32 Å². The second-order valence-corrected chi connectivity index (χ2v) is 4.99. The minimum absolute atomic E-state index is 0.673. The van der Waals surface area contributed by atoms with Crippen molar-refractivity contribution in [3.63, 3.8) is 0 Å². The van der Waals surface area contributed by atoms with Gasteiger partial charge in [0, 0.05) is 12.6 Å². The zero-order valence-electron chi connectivity index (χ0n) is 9.65. The van der Waals surface area contributed by atoms with E-state index in [0.29, 0.717) is 6.04 Å². The molecule has 1 aromatic carbocycles. The van der Waals surface area contributed by atoms with Crippen molar-refractivity contribution in [2.75, 3.05) is 0 Å². The topological polar surface area (TPSA) is 12.0 Å². The van der Waals surface area contributed by atoms with Crippen molar-refractivity contribution >= 4 is 0 Å². The van der Waals surface area contributed by atoms with Gasteiger partial charge in [-0.05, 0) is 42.7 Å². The predicted molar refractivity (Wildman–Crippen MR) is 67.4 cm³/mol. The molecule has 0 unspecified atom stereocenters. The van der Waals surface area contributed by atoms with Gasteiger partial charge in [0.2, 0.25) is 0 Å². The minimum atomic E-state index is 0.673. The van der Waals surface area contributed by atoms with Crippen molar-refractivity contribution < 1.29 is 0 Å². The van der Waals surface area contributed by atoms with Crippen LogP contribution >= 0.6 is 0 Å². The molecule has 0 bridgehead atoms. The maximum absolute atomic E-state index is 3.66. The lowest BCUT2D eigenvalue weighted by Gasteiger charge is -2.14. The van der Waals surface area contributed by atoms with Crippen LogP contribution in [0.25, 0.3) is 0 Å². The van der Waals surface area contributed by atoms with Gasteiger partial charge in [0.25, 0.3) is 0 Å². The lowest BCUT2D eigenvalue weighted by molar-refractivity contribution is 0.537. The number of nitrogens with one attached hydrogen (secondary N) is 1. The fourth-order valence-electron chi connectivity index (χ4n) is 2.53. The SMILES string of the molecule is C1=CCC(NCc2ccccc2C2CC2)C1. The van der Waals surface area contributed by atoms with Crippen LogP contribution in [0, 0.1) is 0 Å². The van der Waals surface area contributed by atoms with E-state index in [1.165, 1.54) is 31.2 Å². The van der Waals surface area contributed by atoms with Crippen LogP contribution in [0.2, 0.25) is 0 Å². The lowest BCUT2D eigenvalue weighted by atomic mass is 10.0. The summed E-state index contributed by atoms with van der Waals surface area (Å²) in [6, 6.07) is 9.60. The first-order valence-corrected chi connectivity index (χ1v) is 6.39. The summed E-state index contributed by atoms with van der Waals surface area (Å²) in [4.78, 5) is 0. The predicted octanol–water partition coefficient (Wildman–Crippen LogP) is 3.37. The third kappa shape index (κ3) is 2.19. The number of benzene rings is 1. The summed E-state index contributed by atoms with van der Waals surface area (Å²) < 4.78 is 0. The van der Waals surface area contributed by atoms with Gasteiger partial charge in [0.05, 0.1) is 0 Å². The first-order valence-electron chi connectivity index (χ1n) is 6.39. The molecule has 1 fully saturated rings. The first kappa shape index (κ1) is 10.1. The monoisotopic (exact) mass is 213 g/mol. The molecule has 0 amide bonds. The van der Waals surface area contributed by atoms with Crippen molar-refractivity contribution in [2.45, 2.75) is 44.2 Å². The Balaban J connectivity index is 1.64. The van der Waals surface area contributed by atoms with Crippen molar-refractivity contribution in [3.8, 4) is 0 Å². The lowest BCUT2D eigenvalue weighted by Crippen LogP contribution is -2.26. The summed E-state index contributed by atoms with van der Waals surface area (Å²) in [5.41, 5.74) is 3.10. The molecular weight excluding hydrogens is 194 g/mol. The van der Waals surface area contributed by atoms with Crippen LogP contribution in [0.5, 0.6) is 0 Å². The molecule has 1 aromatic rings. The standard InChI is InChI=1S/C15H19N/c1-4-8-15(12-9-10-12)13(5-1)11-16-14-6-2-3-7-14/h1-5,8,12,14,16H,6-7,9-11H2. The van der Waals surface area contributed by atoms with Crippen LogP contribution in [-0.2, 0) is 6.54 Å². The van der Waals surface area contributed by atoms with E-state index >= 15 is 0 Å². The van der Waals surface area contributed by atoms with Crippen LogP contribution in [0.1, 0.15) is 42.7 Å². The van der Waals surface area contributed by atoms with Crippen molar-refractivity contribution in [3.05, 3.63) is 47.5 Å². The van der Waals surface area contributed by atoms with Crippen LogP contribution in [-0.4, -0.2) is 6.04 Å². The van der Waals surface area contributed by atoms with Crippen molar-refractivity contribution in [1.82, 2.24) is 5.32 Å². The van der Waals surface area contributed by atoms with Gasteiger partial charge in [-0.1, -0.05) is 36.4 Å². The van der Waals surface area contributed by atoms with E-state index in [2.05, 4.69) is 41.7 Å². The molecule has 2 aliphatic carbocycles. The molecule has 1 N–H and O–H groups in total. The van der Waals surface area contributed by atoms with Gasteiger partial charge in [-0.25, -0.2) is 0 Å². The Morgan fingerprint density at radius 1 is 1.06 bits per heavy atom. The van der Waals surface area contributed by atoms with Gasteiger partial charge >= 0.3 is 0 Å². The molecule has 0 saturated heterocycles. The average molecular weight is 213 g/mol. The highest BCUT2D eigenvalue weighted by molar-refractivity contribution is 5.33. The fraction of sp³-hybridized carbons (Fsp3) is 0.467. The largest absolute Gasteiger partial charge is 0.309 e. The zero-order chi connectivity index (χ0) is 10.8. The fourth-order valence-corrected chi connectivity index (χ4v) is 2.53. The summed E-state index contributed by atoms with van der Waals surface area (Å²) in [5, 5.41) is 3.66. The maximum Gasteiger partial charge on any atom is 0.0211 e. The molecule has 16 heavy (non-hydrogen) atoms. The molecule has 0 heterocycles. The first-order chi connectivity index (χ1) is 7.93. The zero-order valence-corrected chi connectivity index (χ0v) is 9.65. The third-order valence-corrected chi connectivity index (χ3v) is 3.66. The molecule has 0 radical (unpaired) electrons. The Hall–Kier alpha value is -1.08. The van der Waals surface area contributed by atoms with Gasteiger partial charge in [-0.3, -0.25) is 0 Å². The Labute approximate surface area is 97.6 Å². The molecule has 0 aromatic heterocycles. The van der Waals surface area contributed by atoms with E-state index in [0.717, 1.165) is 12.5 Å². The Morgan fingerprint density at radius 2 is 1.81 bits per heavy atom. The van der Waals surface area contributed by atoms with Crippen molar-refractivity contribution in [2.24, 2.45) is 0 Å². The Kier molecular flexibility index (Phi) is 2.79. The van der Waals surface area contributed by atoms with Gasteiger partial charge in [0.15, 0.2) is 0 Å². The summed E-state index contributed by atoms with van der Waals surface area (Å²) in [6.45, 7) is 1.04. The third-order valence-electron chi connectivity index (χ3n) is 3.66. The van der Waals surface area contributed by atoms with Gasteiger partial charge in [-0.2, -0.15) is 0 Å². The molecule has 1 saturated carbocycles. The number of rotatable bonds is 4. The highest BCUT2D eigenvalue weighted by Gasteiger charge is 2.25. The molecule has 3 rings (SSSR count). The van der Waals surface area contributed by atoms with Gasteiger partial charge in [-0.15, -0.1) is 0 Å². The van der Waals surface area contributed by atoms with Crippen LogP contribution in [0.3, 0.4) is 0 Å². The summed E-state index contributed by atoms with van der Waals surface area (Å²) >= 11 is 0. The molecule has 2 aliphatic rings. The van der Waals surface area contributed by atoms with E-state index < -0.39 is 0 Å². The molecular formula is C15H19N. The van der Waals surface area contributed by atoms with Gasteiger partial charge < -0.3 is 5.32 Å². The van der Waals surface area contributed by atoms with Crippen molar-refractivity contribution in [1.29, 1.82) is 0 Å². The Bertz CT molecular complexity index is 382. The molecule has 84 valence electrons. The van der Waals surface area contributed by atoms with E-state index in [1.54, 1.807) is 5.56 Å². The number of hydrogen-bond acceptors (Lipinski definition) is 1. The normalized spacial score (nSPS) is 20.5. The minimum Gasteiger partial charge on any atom is -0.309 e. The average Bonchev–Trinajstić information content (AvgIpc) is 3.04. The molecule has 0 aliphatic heterocycles. The molecule has 0 atom stereocenters. The summed E-state index contributed by atoms with van der Waals surface area (Å²) in [7, 11) is 0. The van der Waals surface area contributed by atoms with E-state index in [1.807, 2.05) is 0 Å². The number of hydrogen-bond donors (Lipinski definition) is 1. The second kappa shape index (κ2) is 4.42. The van der Waals surface area contributed by atoms with Crippen LogP contribution in [0.15, 0.2) is 36.4 Å². The molecule has 1 heteroatoms. The van der Waals surface area contributed by atoms with E-state index in [4.69, 9.17) is 0 Å². The van der Waals surface area contributed by atoms with Gasteiger partial charge in [0.1, 0.15) is 0 Å². The molecule has 1 nitrogen and oxygen atoms in total. The quantitative estimate of drug-likeness (QED) is 0.756. The Morgan fingerprint density at radius 3 is 2.56 bits per heavy atom. The molecule has 0 spiro atoms. The van der Waals surface area contributed by atoms with Crippen LogP contribution in [0.4, 0.5) is 0 Å². The van der Waals surface area contributed by atoms with E-state index in [9.17, 15) is 0 Å².